The molecule has 0 spiro atoms. The van der Waals surface area contributed by atoms with Gasteiger partial charge in [-0.2, -0.15) is 0 Å². The maximum Gasteiger partial charge on any atom is 0.322 e. The Bertz CT molecular complexity index is 828. The minimum absolute atomic E-state index is 0.0239. The second-order valence-corrected chi connectivity index (χ2v) is 8.13. The fourth-order valence-electron chi connectivity index (χ4n) is 2.47. The molecule has 0 unspecified atom stereocenters. The Morgan fingerprint density at radius 3 is 2.75 bits per heavy atom. The van der Waals surface area contributed by atoms with Crippen LogP contribution >= 0.6 is 35.6 Å². The van der Waals surface area contributed by atoms with Crippen LogP contribution in [0, 0.1) is 0 Å². The lowest BCUT2D eigenvalue weighted by molar-refractivity contribution is -0.137. The fourth-order valence-corrected chi connectivity index (χ4v) is 3.95. The van der Waals surface area contributed by atoms with E-state index in [9.17, 15) is 19.5 Å². The number of phenolic OH excluding ortho intramolecular Hbond substituents is 1. The van der Waals surface area contributed by atoms with Crippen LogP contribution in [0.25, 0.3) is 6.08 Å². The monoisotopic (exact) mass is 442 g/mol. The van der Waals surface area contributed by atoms with Crippen molar-refractivity contribution in [1.29, 1.82) is 0 Å². The number of carboxylic acids is 1. The molecule has 1 aromatic carbocycles. The number of unbranched alkanes of at least 4 members (excludes halogenated alkanes) is 2. The summed E-state index contributed by atoms with van der Waals surface area (Å²) >= 11 is 12.4. The normalized spacial score (nSPS) is 15.3. The van der Waals surface area contributed by atoms with Crippen LogP contribution in [0.1, 0.15) is 31.2 Å². The van der Waals surface area contributed by atoms with Gasteiger partial charge in [-0.05, 0) is 37.1 Å². The maximum absolute atomic E-state index is 12.6. The number of carbonyl (C=O) groups is 3. The average molecular weight is 443 g/mol. The van der Waals surface area contributed by atoms with Gasteiger partial charge in [0.15, 0.2) is 0 Å². The van der Waals surface area contributed by atoms with Crippen molar-refractivity contribution in [2.75, 3.05) is 13.1 Å². The Morgan fingerprint density at radius 1 is 1.29 bits per heavy atom. The summed E-state index contributed by atoms with van der Waals surface area (Å²) < 4.78 is 0.442. The summed E-state index contributed by atoms with van der Waals surface area (Å²) in [6.45, 7) is 0.0458. The van der Waals surface area contributed by atoms with E-state index in [-0.39, 0.29) is 30.5 Å². The highest BCUT2D eigenvalue weighted by Crippen LogP contribution is 2.34. The third-order valence-corrected chi connectivity index (χ3v) is 5.48. The van der Waals surface area contributed by atoms with Crippen LogP contribution in [0.5, 0.6) is 5.75 Å². The number of thioether (sulfide) groups is 1. The molecule has 0 bridgehead atoms. The molecular weight excluding hydrogens is 424 g/mol. The van der Waals surface area contributed by atoms with Gasteiger partial charge in [-0.25, -0.2) is 0 Å². The molecule has 0 atom stereocenters. The second-order valence-electron chi connectivity index (χ2n) is 6.02. The lowest BCUT2D eigenvalue weighted by atomic mass is 10.1. The molecule has 150 valence electrons. The third-order valence-electron chi connectivity index (χ3n) is 3.87. The predicted octanol–water partition coefficient (Wildman–Crippen LogP) is 3.01. The summed E-state index contributed by atoms with van der Waals surface area (Å²) in [6.07, 6.45) is 3.75. The van der Waals surface area contributed by atoms with Crippen molar-refractivity contribution in [3.63, 3.8) is 0 Å². The van der Waals surface area contributed by atoms with E-state index in [1.807, 2.05) is 0 Å². The molecule has 1 heterocycles. The van der Waals surface area contributed by atoms with E-state index < -0.39 is 5.97 Å². The Balaban J connectivity index is 1.82. The Morgan fingerprint density at radius 2 is 2.04 bits per heavy atom. The van der Waals surface area contributed by atoms with Gasteiger partial charge in [-0.3, -0.25) is 19.3 Å². The highest BCUT2D eigenvalue weighted by Gasteiger charge is 2.31. The molecule has 0 saturated carbocycles. The smallest absolute Gasteiger partial charge is 0.322 e. The van der Waals surface area contributed by atoms with Gasteiger partial charge in [0.05, 0.1) is 4.91 Å². The molecule has 7 nitrogen and oxygen atoms in total. The minimum atomic E-state index is -1.08. The van der Waals surface area contributed by atoms with Crippen molar-refractivity contribution >= 4 is 63.8 Å². The summed E-state index contributed by atoms with van der Waals surface area (Å²) in [5, 5.41) is 21.1. The Hall–Kier alpha value is -2.10. The Kier molecular flexibility index (Phi) is 8.28. The molecule has 1 fully saturated rings. The standard InChI is InChI=1S/C18H19ClN2O5S2/c19-12-5-6-13(22)11(8-12)9-14-17(26)21(18(27)28-14)7-3-1-2-4-15(23)20-10-16(24)25/h5-6,8-9,22H,1-4,7,10H2,(H,20,23)(H,24,25)/b14-9-. The molecule has 1 aliphatic rings. The van der Waals surface area contributed by atoms with Crippen LogP contribution in [0.2, 0.25) is 5.02 Å². The molecule has 2 rings (SSSR count). The SMILES string of the molecule is O=C(O)CNC(=O)CCCCCN1C(=O)/C(=C/c2cc(Cl)ccc2O)SC1=S. The van der Waals surface area contributed by atoms with Crippen molar-refractivity contribution in [1.82, 2.24) is 10.2 Å². The molecule has 1 saturated heterocycles. The molecule has 1 aromatic rings. The first kappa shape index (κ1) is 22.2. The van der Waals surface area contributed by atoms with E-state index in [0.29, 0.717) is 45.6 Å². The number of aliphatic carboxylic acids is 1. The number of carboxylic acid groups (broad SMARTS) is 1. The zero-order valence-electron chi connectivity index (χ0n) is 14.8. The Labute approximate surface area is 176 Å². The van der Waals surface area contributed by atoms with Gasteiger partial charge >= 0.3 is 5.97 Å². The number of nitrogens with zero attached hydrogens (tertiary/aromatic N) is 1. The van der Waals surface area contributed by atoms with E-state index in [4.69, 9.17) is 28.9 Å². The lowest BCUT2D eigenvalue weighted by Gasteiger charge is -2.14. The average Bonchev–Trinajstić information content (AvgIpc) is 2.90. The van der Waals surface area contributed by atoms with E-state index in [0.717, 1.165) is 11.8 Å². The first-order valence-electron chi connectivity index (χ1n) is 8.50. The van der Waals surface area contributed by atoms with Crippen molar-refractivity contribution in [2.24, 2.45) is 0 Å². The predicted molar refractivity (Wildman–Crippen MR) is 112 cm³/mol. The summed E-state index contributed by atoms with van der Waals surface area (Å²) in [7, 11) is 0. The lowest BCUT2D eigenvalue weighted by Crippen LogP contribution is -2.29. The zero-order valence-corrected chi connectivity index (χ0v) is 17.2. The van der Waals surface area contributed by atoms with E-state index in [1.54, 1.807) is 18.2 Å². The van der Waals surface area contributed by atoms with E-state index in [2.05, 4.69) is 5.32 Å². The molecule has 0 aromatic heterocycles. The molecule has 0 radical (unpaired) electrons. The van der Waals surface area contributed by atoms with Crippen LogP contribution in [-0.4, -0.2) is 50.3 Å². The number of rotatable bonds is 9. The van der Waals surface area contributed by atoms with Crippen molar-refractivity contribution in [2.45, 2.75) is 25.7 Å². The molecular formula is C18H19ClN2O5S2. The number of carbonyl (C=O) groups excluding carboxylic acids is 2. The first-order valence-corrected chi connectivity index (χ1v) is 10.1. The summed E-state index contributed by atoms with van der Waals surface area (Å²) in [5.41, 5.74) is 0.445. The van der Waals surface area contributed by atoms with Gasteiger partial charge in [0, 0.05) is 23.6 Å². The molecule has 3 N–H and O–H groups in total. The number of amides is 2. The summed E-state index contributed by atoms with van der Waals surface area (Å²) in [4.78, 5) is 36.3. The summed E-state index contributed by atoms with van der Waals surface area (Å²) in [6, 6.07) is 4.59. The summed E-state index contributed by atoms with van der Waals surface area (Å²) in [5.74, 6) is -1.59. The van der Waals surface area contributed by atoms with Crippen molar-refractivity contribution in [3.05, 3.63) is 33.7 Å². The van der Waals surface area contributed by atoms with Crippen LogP contribution in [0.3, 0.4) is 0 Å². The van der Waals surface area contributed by atoms with Crippen LogP contribution in [0.4, 0.5) is 0 Å². The number of benzene rings is 1. The quantitative estimate of drug-likeness (QED) is 0.306. The van der Waals surface area contributed by atoms with Crippen molar-refractivity contribution < 1.29 is 24.6 Å². The van der Waals surface area contributed by atoms with Gasteiger partial charge in [0.1, 0.15) is 16.6 Å². The largest absolute Gasteiger partial charge is 0.507 e. The number of thiocarbonyl (C=S) groups is 1. The number of nitrogens with one attached hydrogen (secondary N) is 1. The molecule has 1 aliphatic heterocycles. The van der Waals surface area contributed by atoms with Crippen molar-refractivity contribution in [3.8, 4) is 5.75 Å². The third kappa shape index (κ3) is 6.50. The first-order chi connectivity index (χ1) is 13.3. The number of hydrogen-bond acceptors (Lipinski definition) is 6. The van der Waals surface area contributed by atoms with Gasteiger partial charge in [0.2, 0.25) is 5.91 Å². The highest BCUT2D eigenvalue weighted by molar-refractivity contribution is 8.26. The van der Waals surface area contributed by atoms with E-state index in [1.165, 1.54) is 11.0 Å². The van der Waals surface area contributed by atoms with Crippen LogP contribution < -0.4 is 5.32 Å². The van der Waals surface area contributed by atoms with Crippen LogP contribution in [-0.2, 0) is 14.4 Å². The van der Waals surface area contributed by atoms with E-state index >= 15 is 0 Å². The molecule has 28 heavy (non-hydrogen) atoms. The topological polar surface area (TPSA) is 107 Å². The molecule has 10 heteroatoms. The van der Waals surface area contributed by atoms with Crippen LogP contribution in [0.15, 0.2) is 23.1 Å². The number of hydrogen-bond donors (Lipinski definition) is 3. The number of aromatic hydroxyl groups is 1. The second kappa shape index (κ2) is 10.4. The van der Waals surface area contributed by atoms with Gasteiger partial charge in [-0.1, -0.05) is 42.0 Å². The zero-order chi connectivity index (χ0) is 20.7. The highest BCUT2D eigenvalue weighted by atomic mass is 35.5. The molecule has 2 amide bonds. The number of halogens is 1. The fraction of sp³-hybridized carbons (Fsp3) is 0.333. The maximum atomic E-state index is 12.6. The molecule has 0 aliphatic carbocycles. The van der Waals surface area contributed by atoms with Gasteiger partial charge in [0.25, 0.3) is 5.91 Å². The number of phenols is 1. The minimum Gasteiger partial charge on any atom is -0.507 e. The van der Waals surface area contributed by atoms with Gasteiger partial charge in [-0.15, -0.1) is 0 Å². The van der Waals surface area contributed by atoms with Gasteiger partial charge < -0.3 is 15.5 Å².